The molecule has 16 heavy (non-hydrogen) atoms. The molecule has 0 bridgehead atoms. The normalized spacial score (nSPS) is 35.5. The van der Waals surface area contributed by atoms with Crippen LogP contribution in [0, 0.1) is 17.3 Å². The van der Waals surface area contributed by atoms with Gasteiger partial charge in [0.25, 0.3) is 0 Å². The van der Waals surface area contributed by atoms with E-state index in [9.17, 15) is 8.42 Å². The number of nitrogens with one attached hydrogen (secondary N) is 1. The van der Waals surface area contributed by atoms with E-state index in [-0.39, 0.29) is 5.41 Å². The lowest BCUT2D eigenvalue weighted by molar-refractivity contribution is 0.271. The Bertz CT molecular complexity index is 317. The maximum absolute atomic E-state index is 11.0. The molecule has 0 aromatic carbocycles. The maximum Gasteiger partial charge on any atom is 0.208 e. The molecule has 1 aliphatic carbocycles. The van der Waals surface area contributed by atoms with Gasteiger partial charge in [-0.3, -0.25) is 0 Å². The Balaban J connectivity index is 2.50. The molecule has 0 aromatic heterocycles. The van der Waals surface area contributed by atoms with Gasteiger partial charge < -0.3 is 5.73 Å². The van der Waals surface area contributed by atoms with Crippen molar-refractivity contribution in [3.05, 3.63) is 0 Å². The van der Waals surface area contributed by atoms with Gasteiger partial charge >= 0.3 is 0 Å². The molecule has 1 aliphatic rings. The van der Waals surface area contributed by atoms with Crippen LogP contribution >= 0.6 is 0 Å². The Labute approximate surface area is 99.0 Å². The molecular weight excluding hydrogens is 224 g/mol. The van der Waals surface area contributed by atoms with E-state index >= 15 is 0 Å². The highest BCUT2D eigenvalue weighted by atomic mass is 32.2. The van der Waals surface area contributed by atoms with Crippen LogP contribution in [0.25, 0.3) is 0 Å². The van der Waals surface area contributed by atoms with Crippen LogP contribution in [0.2, 0.25) is 0 Å². The Morgan fingerprint density at radius 3 is 2.19 bits per heavy atom. The number of sulfonamides is 1. The largest absolute Gasteiger partial charge is 0.330 e. The third-order valence-corrected chi connectivity index (χ3v) is 4.66. The summed E-state index contributed by atoms with van der Waals surface area (Å²) in [6.45, 7) is 5.68. The number of nitrogens with two attached hydrogens (primary N) is 1. The van der Waals surface area contributed by atoms with Crippen LogP contribution in [0.5, 0.6) is 0 Å². The van der Waals surface area contributed by atoms with Crippen LogP contribution in [-0.4, -0.2) is 27.8 Å². The third kappa shape index (κ3) is 3.71. The van der Waals surface area contributed by atoms with Gasteiger partial charge in [-0.1, -0.05) is 13.8 Å². The molecule has 0 amide bonds. The van der Waals surface area contributed by atoms with Crippen LogP contribution in [0.3, 0.4) is 0 Å². The summed E-state index contributed by atoms with van der Waals surface area (Å²) in [7, 11) is -3.07. The first kappa shape index (κ1) is 13.9. The Kier molecular flexibility index (Phi) is 4.37. The van der Waals surface area contributed by atoms with Crippen LogP contribution in [0.4, 0.5) is 0 Å². The standard InChI is InChI=1S/C11H24N2O2S/c1-9-6-11(8-12,7-10(9)2)4-5-13-16(3,14)15/h9-10,13H,4-8,12H2,1-3H3/t9-,10+,11?. The second-order valence-electron chi connectivity index (χ2n) is 5.48. The Morgan fingerprint density at radius 1 is 1.31 bits per heavy atom. The second kappa shape index (κ2) is 5.02. The van der Waals surface area contributed by atoms with Gasteiger partial charge in [-0.25, -0.2) is 13.1 Å². The molecule has 5 heteroatoms. The minimum absolute atomic E-state index is 0.149. The van der Waals surface area contributed by atoms with Gasteiger partial charge in [-0.15, -0.1) is 0 Å². The summed E-state index contributed by atoms with van der Waals surface area (Å²) in [5, 5.41) is 0. The van der Waals surface area contributed by atoms with Gasteiger partial charge in [0.05, 0.1) is 6.26 Å². The Morgan fingerprint density at radius 2 is 1.81 bits per heavy atom. The quantitative estimate of drug-likeness (QED) is 0.760. The minimum atomic E-state index is -3.07. The summed E-state index contributed by atoms with van der Waals surface area (Å²) in [6.07, 6.45) is 4.29. The Hall–Kier alpha value is -0.130. The van der Waals surface area contributed by atoms with E-state index in [1.807, 2.05) is 0 Å². The van der Waals surface area contributed by atoms with Crippen molar-refractivity contribution >= 4 is 10.0 Å². The highest BCUT2D eigenvalue weighted by Crippen LogP contribution is 2.46. The van der Waals surface area contributed by atoms with E-state index in [1.54, 1.807) is 0 Å². The summed E-state index contributed by atoms with van der Waals surface area (Å²) in [6, 6.07) is 0. The fourth-order valence-corrected chi connectivity index (χ4v) is 3.30. The van der Waals surface area contributed by atoms with Gasteiger partial charge in [0.1, 0.15) is 0 Å². The highest BCUT2D eigenvalue weighted by molar-refractivity contribution is 7.88. The van der Waals surface area contributed by atoms with Gasteiger partial charge in [0, 0.05) is 6.54 Å². The molecular formula is C11H24N2O2S. The molecule has 96 valence electrons. The zero-order valence-corrected chi connectivity index (χ0v) is 11.3. The molecule has 4 nitrogen and oxygen atoms in total. The van der Waals surface area contributed by atoms with Crippen molar-refractivity contribution in [2.75, 3.05) is 19.3 Å². The van der Waals surface area contributed by atoms with E-state index in [1.165, 1.54) is 6.26 Å². The van der Waals surface area contributed by atoms with E-state index in [4.69, 9.17) is 5.73 Å². The van der Waals surface area contributed by atoms with Gasteiger partial charge in [-0.05, 0) is 43.1 Å². The molecule has 1 fully saturated rings. The average molecular weight is 248 g/mol. The lowest BCUT2D eigenvalue weighted by atomic mass is 9.82. The van der Waals surface area contributed by atoms with Crippen LogP contribution in [-0.2, 0) is 10.0 Å². The fraction of sp³-hybridized carbons (Fsp3) is 1.00. The second-order valence-corrected chi connectivity index (χ2v) is 7.32. The van der Waals surface area contributed by atoms with Crippen LogP contribution < -0.4 is 10.5 Å². The predicted molar refractivity (Wildman–Crippen MR) is 66.5 cm³/mol. The first-order valence-electron chi connectivity index (χ1n) is 5.93. The summed E-state index contributed by atoms with van der Waals surface area (Å²) in [5.74, 6) is 1.39. The highest BCUT2D eigenvalue weighted by Gasteiger charge is 2.40. The molecule has 0 spiro atoms. The van der Waals surface area contributed by atoms with E-state index in [0.717, 1.165) is 19.3 Å². The van der Waals surface area contributed by atoms with Crippen molar-refractivity contribution in [1.82, 2.24) is 4.72 Å². The van der Waals surface area contributed by atoms with Crippen LogP contribution in [0.1, 0.15) is 33.1 Å². The van der Waals surface area contributed by atoms with Crippen molar-refractivity contribution in [3.8, 4) is 0 Å². The minimum Gasteiger partial charge on any atom is -0.330 e. The average Bonchev–Trinajstić information content (AvgIpc) is 2.41. The van der Waals surface area contributed by atoms with Crippen molar-refractivity contribution in [3.63, 3.8) is 0 Å². The smallest absolute Gasteiger partial charge is 0.208 e. The molecule has 0 heterocycles. The lowest BCUT2D eigenvalue weighted by Gasteiger charge is -2.27. The van der Waals surface area contributed by atoms with E-state index in [2.05, 4.69) is 18.6 Å². The first-order valence-corrected chi connectivity index (χ1v) is 7.82. The number of rotatable bonds is 5. The molecule has 0 radical (unpaired) electrons. The fourth-order valence-electron chi connectivity index (χ4n) is 2.83. The molecule has 3 N–H and O–H groups in total. The number of hydrogen-bond acceptors (Lipinski definition) is 3. The molecule has 3 atom stereocenters. The van der Waals surface area contributed by atoms with Crippen molar-refractivity contribution in [2.45, 2.75) is 33.1 Å². The maximum atomic E-state index is 11.0. The lowest BCUT2D eigenvalue weighted by Crippen LogP contribution is -2.33. The number of hydrogen-bond donors (Lipinski definition) is 2. The summed E-state index contributed by atoms with van der Waals surface area (Å²) < 4.78 is 24.5. The SMILES string of the molecule is C[C@@H]1CC(CN)(CCNS(C)(=O)=O)C[C@@H]1C. The van der Waals surface area contributed by atoms with Crippen molar-refractivity contribution in [2.24, 2.45) is 23.0 Å². The third-order valence-electron chi connectivity index (χ3n) is 3.93. The van der Waals surface area contributed by atoms with Crippen molar-refractivity contribution < 1.29 is 8.42 Å². The molecule has 0 saturated heterocycles. The zero-order valence-electron chi connectivity index (χ0n) is 10.5. The first-order chi connectivity index (χ1) is 7.28. The summed E-state index contributed by atoms with van der Waals surface area (Å²) in [5.41, 5.74) is 6.02. The summed E-state index contributed by atoms with van der Waals surface area (Å²) in [4.78, 5) is 0. The predicted octanol–water partition coefficient (Wildman–Crippen LogP) is 0.937. The molecule has 1 saturated carbocycles. The van der Waals surface area contributed by atoms with Crippen LogP contribution in [0.15, 0.2) is 0 Å². The summed E-state index contributed by atoms with van der Waals surface area (Å²) >= 11 is 0. The molecule has 1 rings (SSSR count). The molecule has 0 aliphatic heterocycles. The topological polar surface area (TPSA) is 72.2 Å². The molecule has 0 aromatic rings. The molecule has 1 unspecified atom stereocenters. The van der Waals surface area contributed by atoms with Gasteiger partial charge in [0.2, 0.25) is 10.0 Å². The van der Waals surface area contributed by atoms with Crippen molar-refractivity contribution in [1.29, 1.82) is 0 Å². The van der Waals surface area contributed by atoms with Gasteiger partial charge in [-0.2, -0.15) is 0 Å². The van der Waals surface area contributed by atoms with E-state index in [0.29, 0.717) is 24.9 Å². The zero-order chi connectivity index (χ0) is 12.4. The van der Waals surface area contributed by atoms with Gasteiger partial charge in [0.15, 0.2) is 0 Å². The monoisotopic (exact) mass is 248 g/mol. The van der Waals surface area contributed by atoms with E-state index < -0.39 is 10.0 Å².